The highest BCUT2D eigenvalue weighted by Crippen LogP contribution is 2.29. The molecule has 1 aromatic carbocycles. The van der Waals surface area contributed by atoms with Gasteiger partial charge in [-0.25, -0.2) is 0 Å². The van der Waals surface area contributed by atoms with Crippen LogP contribution in [0.5, 0.6) is 0 Å². The molecule has 0 atom stereocenters. The first-order chi connectivity index (χ1) is 18.2. The van der Waals surface area contributed by atoms with Gasteiger partial charge in [-0.05, 0) is 79.7 Å². The first kappa shape index (κ1) is 23.8. The van der Waals surface area contributed by atoms with Gasteiger partial charge in [-0.15, -0.1) is 0 Å². The van der Waals surface area contributed by atoms with Gasteiger partial charge < -0.3 is 5.32 Å². The number of aromatic amines is 1. The van der Waals surface area contributed by atoms with Crippen LogP contribution in [0, 0.1) is 5.92 Å². The number of likely N-dealkylation sites (tertiary alicyclic amines) is 1. The number of aromatic nitrogens is 4. The molecular weight excluding hydrogens is 460 g/mol. The van der Waals surface area contributed by atoms with Crippen molar-refractivity contribution in [1.29, 1.82) is 0 Å². The van der Waals surface area contributed by atoms with E-state index in [4.69, 9.17) is 0 Å². The lowest BCUT2D eigenvalue weighted by Gasteiger charge is -2.30. The van der Waals surface area contributed by atoms with Gasteiger partial charge in [0.1, 0.15) is 0 Å². The summed E-state index contributed by atoms with van der Waals surface area (Å²) >= 11 is 0. The molecule has 4 aromatic rings. The second kappa shape index (κ2) is 10.8. The smallest absolute Gasteiger partial charge is 0.276 e. The van der Waals surface area contributed by atoms with E-state index in [2.05, 4.69) is 36.4 Å². The fourth-order valence-corrected chi connectivity index (χ4v) is 5.60. The van der Waals surface area contributed by atoms with Gasteiger partial charge in [-0.3, -0.25) is 24.8 Å². The van der Waals surface area contributed by atoms with E-state index in [9.17, 15) is 4.79 Å². The van der Waals surface area contributed by atoms with Gasteiger partial charge in [0.15, 0.2) is 5.69 Å². The van der Waals surface area contributed by atoms with Crippen LogP contribution in [0.25, 0.3) is 22.0 Å². The van der Waals surface area contributed by atoms with Gasteiger partial charge in [0.25, 0.3) is 5.91 Å². The molecule has 6 rings (SSSR count). The molecule has 0 radical (unpaired) electrons. The second-order valence-corrected chi connectivity index (χ2v) is 10.6. The van der Waals surface area contributed by atoms with Gasteiger partial charge in [-0.2, -0.15) is 5.10 Å². The summed E-state index contributed by atoms with van der Waals surface area (Å²) in [7, 11) is 0. The third kappa shape index (κ3) is 5.57. The fraction of sp³-hybridized carbons (Fsp3) is 0.400. The van der Waals surface area contributed by atoms with Crippen molar-refractivity contribution in [3.8, 4) is 11.1 Å². The molecule has 1 saturated carbocycles. The lowest BCUT2D eigenvalue weighted by molar-refractivity contribution is 0.102. The molecule has 1 saturated heterocycles. The Balaban J connectivity index is 1.12. The summed E-state index contributed by atoms with van der Waals surface area (Å²) in [6.45, 7) is 3.24. The van der Waals surface area contributed by atoms with E-state index in [-0.39, 0.29) is 5.91 Å². The van der Waals surface area contributed by atoms with Crippen LogP contribution in [0.3, 0.4) is 0 Å². The molecule has 2 fully saturated rings. The van der Waals surface area contributed by atoms with Gasteiger partial charge >= 0.3 is 0 Å². The molecule has 7 nitrogen and oxygen atoms in total. The van der Waals surface area contributed by atoms with Crippen LogP contribution >= 0.6 is 0 Å². The number of hydrogen-bond donors (Lipinski definition) is 2. The third-order valence-corrected chi connectivity index (χ3v) is 7.86. The maximum Gasteiger partial charge on any atom is 0.276 e. The third-order valence-electron chi connectivity index (χ3n) is 7.86. The second-order valence-electron chi connectivity index (χ2n) is 10.6. The first-order valence-corrected chi connectivity index (χ1v) is 13.6. The number of nitrogens with one attached hydrogen (secondary N) is 2. The van der Waals surface area contributed by atoms with E-state index in [1.165, 1.54) is 50.5 Å². The SMILES string of the molecule is O=C(Nc1ccc(CCCC2CCCC2)nc1)c1n[nH]c2ccc(-c3cncc(CN4CCC4)c3)cc12. The number of hydrogen-bond acceptors (Lipinski definition) is 5. The lowest BCUT2D eigenvalue weighted by Crippen LogP contribution is -2.36. The molecular formula is C30H34N6O. The van der Waals surface area contributed by atoms with Crippen molar-refractivity contribution < 1.29 is 4.79 Å². The minimum Gasteiger partial charge on any atom is -0.319 e. The Kier molecular flexibility index (Phi) is 6.95. The Hall–Kier alpha value is -3.58. The molecule has 1 aliphatic heterocycles. The number of benzene rings is 1. The van der Waals surface area contributed by atoms with Crippen LogP contribution in [-0.2, 0) is 13.0 Å². The Morgan fingerprint density at radius 2 is 1.89 bits per heavy atom. The molecule has 0 unspecified atom stereocenters. The minimum absolute atomic E-state index is 0.246. The van der Waals surface area contributed by atoms with E-state index >= 15 is 0 Å². The molecule has 2 N–H and O–H groups in total. The summed E-state index contributed by atoms with van der Waals surface area (Å²) in [5.74, 6) is 0.664. The molecule has 1 amide bonds. The number of aryl methyl sites for hydroxylation is 1. The Morgan fingerprint density at radius 3 is 2.68 bits per heavy atom. The number of nitrogens with zero attached hydrogens (tertiary/aromatic N) is 4. The van der Waals surface area contributed by atoms with Crippen LogP contribution in [-0.4, -0.2) is 44.1 Å². The highest BCUT2D eigenvalue weighted by atomic mass is 16.1. The Morgan fingerprint density at radius 1 is 1.00 bits per heavy atom. The van der Waals surface area contributed by atoms with Crippen molar-refractivity contribution in [2.45, 2.75) is 57.9 Å². The first-order valence-electron chi connectivity index (χ1n) is 13.6. The van der Waals surface area contributed by atoms with E-state index in [1.807, 2.05) is 42.7 Å². The van der Waals surface area contributed by atoms with Gasteiger partial charge in [-0.1, -0.05) is 38.2 Å². The van der Waals surface area contributed by atoms with Crippen LogP contribution in [0.4, 0.5) is 5.69 Å². The number of amides is 1. The summed E-state index contributed by atoms with van der Waals surface area (Å²) in [4.78, 5) is 24.6. The van der Waals surface area contributed by atoms with Crippen LogP contribution in [0.2, 0.25) is 0 Å². The zero-order chi connectivity index (χ0) is 25.0. The highest BCUT2D eigenvalue weighted by molar-refractivity contribution is 6.11. The zero-order valence-electron chi connectivity index (χ0n) is 21.2. The molecule has 4 heterocycles. The van der Waals surface area contributed by atoms with Crippen molar-refractivity contribution in [2.24, 2.45) is 5.92 Å². The summed E-state index contributed by atoms with van der Waals surface area (Å²) in [5.41, 5.74) is 6.23. The molecule has 1 aliphatic carbocycles. The standard InChI is InChI=1S/C30H34N6O/c37-30(33-26-11-10-25(32-19-26)8-3-7-21-5-1-2-6-21)29-27-16-23(9-12-28(27)34-35-29)24-15-22(17-31-18-24)20-36-13-4-14-36/h9-12,15-19,21H,1-8,13-14,20H2,(H,33,37)(H,34,35). The quantitative estimate of drug-likeness (QED) is 0.298. The predicted octanol–water partition coefficient (Wildman–Crippen LogP) is 5.99. The molecule has 37 heavy (non-hydrogen) atoms. The van der Waals surface area contributed by atoms with Crippen LogP contribution in [0.15, 0.2) is 55.0 Å². The summed E-state index contributed by atoms with van der Waals surface area (Å²) in [6, 6.07) is 12.2. The monoisotopic (exact) mass is 494 g/mol. The van der Waals surface area contributed by atoms with Crippen molar-refractivity contribution in [3.63, 3.8) is 0 Å². The summed E-state index contributed by atoms with van der Waals surface area (Å²) < 4.78 is 0. The van der Waals surface area contributed by atoms with Crippen molar-refractivity contribution in [3.05, 3.63) is 71.9 Å². The van der Waals surface area contributed by atoms with Gasteiger partial charge in [0.05, 0.1) is 17.4 Å². The normalized spacial score (nSPS) is 16.2. The highest BCUT2D eigenvalue weighted by Gasteiger charge is 2.17. The number of fused-ring (bicyclic) bond motifs is 1. The average molecular weight is 495 g/mol. The van der Waals surface area contributed by atoms with Crippen LogP contribution in [0.1, 0.15) is 66.7 Å². The van der Waals surface area contributed by atoms with E-state index in [1.54, 1.807) is 6.20 Å². The number of rotatable bonds is 9. The molecule has 0 spiro atoms. The molecule has 190 valence electrons. The molecule has 7 heteroatoms. The fourth-order valence-electron chi connectivity index (χ4n) is 5.60. The summed E-state index contributed by atoms with van der Waals surface area (Å²) in [6.07, 6.45) is 15.9. The largest absolute Gasteiger partial charge is 0.319 e. The van der Waals surface area contributed by atoms with Crippen molar-refractivity contribution in [1.82, 2.24) is 25.1 Å². The number of carbonyl (C=O) groups is 1. The summed E-state index contributed by atoms with van der Waals surface area (Å²) in [5, 5.41) is 11.1. The maximum absolute atomic E-state index is 13.1. The Labute approximate surface area is 217 Å². The molecule has 0 bridgehead atoms. The van der Waals surface area contributed by atoms with E-state index < -0.39 is 0 Å². The number of carbonyl (C=O) groups excluding carboxylic acids is 1. The van der Waals surface area contributed by atoms with Gasteiger partial charge in [0.2, 0.25) is 0 Å². The minimum atomic E-state index is -0.246. The number of pyridine rings is 2. The zero-order valence-corrected chi connectivity index (χ0v) is 21.2. The average Bonchev–Trinajstić information content (AvgIpc) is 3.57. The van der Waals surface area contributed by atoms with E-state index in [0.29, 0.717) is 11.4 Å². The molecule has 3 aromatic heterocycles. The maximum atomic E-state index is 13.1. The van der Waals surface area contributed by atoms with Gasteiger partial charge in [0, 0.05) is 35.6 Å². The lowest BCUT2D eigenvalue weighted by atomic mass is 10.00. The number of anilines is 1. The predicted molar refractivity (Wildman–Crippen MR) is 146 cm³/mol. The van der Waals surface area contributed by atoms with Crippen LogP contribution < -0.4 is 5.32 Å². The van der Waals surface area contributed by atoms with Crippen molar-refractivity contribution >= 4 is 22.5 Å². The Bertz CT molecular complexity index is 1370. The van der Waals surface area contributed by atoms with Crippen molar-refractivity contribution in [2.75, 3.05) is 18.4 Å². The number of H-pyrrole nitrogens is 1. The topological polar surface area (TPSA) is 86.8 Å². The van der Waals surface area contributed by atoms with E-state index in [0.717, 1.165) is 59.7 Å². The molecule has 2 aliphatic rings.